The molecule has 0 saturated heterocycles. The third-order valence-corrected chi connectivity index (χ3v) is 5.39. The van der Waals surface area contributed by atoms with Gasteiger partial charge in [0.25, 0.3) is 11.5 Å². The van der Waals surface area contributed by atoms with Crippen LogP contribution >= 0.6 is 0 Å². The van der Waals surface area contributed by atoms with Crippen LogP contribution in [0.5, 0.6) is 5.75 Å². The van der Waals surface area contributed by atoms with Gasteiger partial charge in [-0.3, -0.25) is 14.2 Å². The van der Waals surface area contributed by atoms with Crippen molar-refractivity contribution >= 4 is 22.6 Å². The van der Waals surface area contributed by atoms with Gasteiger partial charge in [-0.15, -0.1) is 0 Å². The second-order valence-corrected chi connectivity index (χ2v) is 8.25. The van der Waals surface area contributed by atoms with E-state index >= 15 is 0 Å². The molecule has 3 heterocycles. The molecular weight excluding hydrogens is 428 g/mol. The van der Waals surface area contributed by atoms with Crippen LogP contribution in [0.2, 0.25) is 0 Å². The minimum absolute atomic E-state index is 0.0606. The molecule has 3 aromatic heterocycles. The lowest BCUT2D eigenvalue weighted by Crippen LogP contribution is -2.18. The van der Waals surface area contributed by atoms with E-state index in [1.807, 2.05) is 91.5 Å². The molecule has 5 aromatic rings. The second kappa shape index (κ2) is 8.78. The first-order valence-corrected chi connectivity index (χ1v) is 11.0. The van der Waals surface area contributed by atoms with E-state index in [1.165, 1.54) is 6.07 Å². The lowest BCUT2D eigenvalue weighted by atomic mass is 10.2. The summed E-state index contributed by atoms with van der Waals surface area (Å²) in [5.74, 6) is 0.438. The van der Waals surface area contributed by atoms with Gasteiger partial charge in [-0.2, -0.15) is 0 Å². The minimum Gasteiger partial charge on any atom is -0.491 e. The number of ether oxygens (including phenoxy) is 1. The van der Waals surface area contributed by atoms with Gasteiger partial charge in [-0.1, -0.05) is 6.07 Å². The standard InChI is InChI=1S/C27H24N4O3/c1-18(2)34-23-11-9-21(10-12-23)31-25(32)13-8-19-16-24(29-26(19)31)27(33)28-20-6-5-7-22(17-20)30-14-3-4-15-30/h3-18,29H,1-2H3,(H,28,33). The summed E-state index contributed by atoms with van der Waals surface area (Å²) in [7, 11) is 0. The Kier molecular flexibility index (Phi) is 5.51. The van der Waals surface area contributed by atoms with Crippen molar-refractivity contribution in [2.45, 2.75) is 20.0 Å². The van der Waals surface area contributed by atoms with E-state index in [0.717, 1.165) is 16.8 Å². The molecule has 0 spiro atoms. The molecule has 0 aliphatic carbocycles. The zero-order chi connectivity index (χ0) is 23.7. The zero-order valence-corrected chi connectivity index (χ0v) is 18.9. The number of amides is 1. The number of H-pyrrole nitrogens is 1. The molecule has 7 nitrogen and oxygen atoms in total. The molecule has 1 amide bonds. The molecule has 0 fully saturated rings. The van der Waals surface area contributed by atoms with Crippen molar-refractivity contribution < 1.29 is 9.53 Å². The number of rotatable bonds is 6. The van der Waals surface area contributed by atoms with Crippen LogP contribution in [0, 0.1) is 0 Å². The molecule has 0 atom stereocenters. The van der Waals surface area contributed by atoms with E-state index in [9.17, 15) is 9.59 Å². The highest BCUT2D eigenvalue weighted by Crippen LogP contribution is 2.22. The molecule has 0 radical (unpaired) electrons. The molecule has 2 N–H and O–H groups in total. The number of hydrogen-bond donors (Lipinski definition) is 2. The Morgan fingerprint density at radius 1 is 0.912 bits per heavy atom. The van der Waals surface area contributed by atoms with Crippen LogP contribution in [0.4, 0.5) is 5.69 Å². The van der Waals surface area contributed by atoms with Gasteiger partial charge >= 0.3 is 0 Å². The number of nitrogens with one attached hydrogen (secondary N) is 2. The van der Waals surface area contributed by atoms with Crippen molar-refractivity contribution in [3.8, 4) is 17.1 Å². The van der Waals surface area contributed by atoms with E-state index in [1.54, 1.807) is 16.7 Å². The van der Waals surface area contributed by atoms with Gasteiger partial charge in [0.1, 0.15) is 17.1 Å². The zero-order valence-electron chi connectivity index (χ0n) is 18.9. The fourth-order valence-corrected chi connectivity index (χ4v) is 3.89. The molecule has 5 rings (SSSR count). The number of carbonyl (C=O) groups is 1. The van der Waals surface area contributed by atoms with Crippen molar-refractivity contribution in [3.63, 3.8) is 0 Å². The molecular formula is C27H24N4O3. The van der Waals surface area contributed by atoms with E-state index in [2.05, 4.69) is 10.3 Å². The highest BCUT2D eigenvalue weighted by atomic mass is 16.5. The van der Waals surface area contributed by atoms with E-state index in [4.69, 9.17) is 4.74 Å². The largest absolute Gasteiger partial charge is 0.491 e. The summed E-state index contributed by atoms with van der Waals surface area (Å²) in [6.45, 7) is 3.92. The highest BCUT2D eigenvalue weighted by molar-refractivity contribution is 6.05. The Balaban J connectivity index is 1.45. The van der Waals surface area contributed by atoms with Crippen molar-refractivity contribution in [2.75, 3.05) is 5.32 Å². The van der Waals surface area contributed by atoms with Crippen LogP contribution in [0.15, 0.2) is 96.1 Å². The van der Waals surface area contributed by atoms with Gasteiger partial charge < -0.3 is 19.6 Å². The van der Waals surface area contributed by atoms with Crippen LogP contribution < -0.4 is 15.6 Å². The second-order valence-electron chi connectivity index (χ2n) is 8.25. The van der Waals surface area contributed by atoms with E-state index in [-0.39, 0.29) is 17.6 Å². The van der Waals surface area contributed by atoms with Crippen LogP contribution in [0.3, 0.4) is 0 Å². The van der Waals surface area contributed by atoms with Gasteiger partial charge in [-0.25, -0.2) is 0 Å². The molecule has 0 unspecified atom stereocenters. The molecule has 0 bridgehead atoms. The summed E-state index contributed by atoms with van der Waals surface area (Å²) in [5.41, 5.74) is 3.01. The Morgan fingerprint density at radius 2 is 1.68 bits per heavy atom. The minimum atomic E-state index is -0.291. The first-order valence-electron chi connectivity index (χ1n) is 11.0. The quantitative estimate of drug-likeness (QED) is 0.374. The number of aromatic nitrogens is 3. The molecule has 7 heteroatoms. The predicted molar refractivity (Wildman–Crippen MR) is 133 cm³/mol. The Hall–Kier alpha value is -4.52. The molecule has 0 aliphatic rings. The van der Waals surface area contributed by atoms with Crippen LogP contribution in [0.25, 0.3) is 22.4 Å². The number of pyridine rings is 1. The van der Waals surface area contributed by atoms with Crippen LogP contribution in [-0.2, 0) is 0 Å². The fourth-order valence-electron chi connectivity index (χ4n) is 3.89. The Morgan fingerprint density at radius 3 is 2.41 bits per heavy atom. The molecule has 0 aliphatic heterocycles. The summed E-state index contributed by atoms with van der Waals surface area (Å²) >= 11 is 0. The van der Waals surface area contributed by atoms with Crippen molar-refractivity contribution in [1.82, 2.24) is 14.1 Å². The normalized spacial score (nSPS) is 11.1. The van der Waals surface area contributed by atoms with Crippen molar-refractivity contribution in [3.05, 3.63) is 107 Å². The van der Waals surface area contributed by atoms with Crippen molar-refractivity contribution in [2.24, 2.45) is 0 Å². The lowest BCUT2D eigenvalue weighted by molar-refractivity contribution is 0.102. The van der Waals surface area contributed by atoms with Gasteiger partial charge in [0.2, 0.25) is 0 Å². The lowest BCUT2D eigenvalue weighted by Gasteiger charge is -2.11. The number of fused-ring (bicyclic) bond motifs is 1. The summed E-state index contributed by atoms with van der Waals surface area (Å²) in [6.07, 6.45) is 3.95. The van der Waals surface area contributed by atoms with E-state index in [0.29, 0.717) is 22.7 Å². The maximum atomic E-state index is 13.0. The van der Waals surface area contributed by atoms with Crippen LogP contribution in [0.1, 0.15) is 24.3 Å². The smallest absolute Gasteiger partial charge is 0.272 e. The third kappa shape index (κ3) is 4.23. The number of benzene rings is 2. The first kappa shape index (κ1) is 21.3. The molecule has 0 saturated carbocycles. The molecule has 34 heavy (non-hydrogen) atoms. The average Bonchev–Trinajstić information content (AvgIpc) is 3.50. The first-order chi connectivity index (χ1) is 16.5. The van der Waals surface area contributed by atoms with E-state index < -0.39 is 0 Å². The number of aromatic amines is 1. The van der Waals surface area contributed by atoms with Gasteiger partial charge in [0, 0.05) is 35.2 Å². The molecule has 2 aromatic carbocycles. The number of carbonyl (C=O) groups excluding carboxylic acids is 1. The van der Waals surface area contributed by atoms with Crippen LogP contribution in [-0.4, -0.2) is 26.1 Å². The van der Waals surface area contributed by atoms with Crippen molar-refractivity contribution in [1.29, 1.82) is 0 Å². The third-order valence-electron chi connectivity index (χ3n) is 5.39. The number of hydrogen-bond acceptors (Lipinski definition) is 3. The maximum absolute atomic E-state index is 13.0. The van der Waals surface area contributed by atoms with Gasteiger partial charge in [0.05, 0.1) is 11.8 Å². The maximum Gasteiger partial charge on any atom is 0.272 e. The predicted octanol–water partition coefficient (Wildman–Crippen LogP) is 5.15. The van der Waals surface area contributed by atoms with Gasteiger partial charge in [-0.05, 0) is 80.6 Å². The fraction of sp³-hybridized carbons (Fsp3) is 0.111. The average molecular weight is 453 g/mol. The Labute approximate surface area is 196 Å². The highest BCUT2D eigenvalue weighted by Gasteiger charge is 2.14. The summed E-state index contributed by atoms with van der Waals surface area (Å²) < 4.78 is 9.22. The Bertz CT molecular complexity index is 1510. The summed E-state index contributed by atoms with van der Waals surface area (Å²) in [4.78, 5) is 28.9. The van der Waals surface area contributed by atoms with Gasteiger partial charge in [0.15, 0.2) is 0 Å². The summed E-state index contributed by atoms with van der Waals surface area (Å²) in [5, 5.41) is 3.69. The monoisotopic (exact) mass is 452 g/mol. The summed E-state index contributed by atoms with van der Waals surface area (Å²) in [6, 6.07) is 23.7. The number of nitrogens with zero attached hydrogens (tertiary/aromatic N) is 2. The molecule has 170 valence electrons. The number of anilines is 1. The topological polar surface area (TPSA) is 81.0 Å². The SMILES string of the molecule is CC(C)Oc1ccc(-n2c(=O)ccc3cc(C(=O)Nc4cccc(-n5cccc5)c4)[nH]c32)cc1.